The number of amides is 2. The molecule has 0 unspecified atom stereocenters. The lowest BCUT2D eigenvalue weighted by molar-refractivity contribution is -0.122. The Bertz CT molecular complexity index is 589. The van der Waals surface area contributed by atoms with E-state index in [1.807, 2.05) is 0 Å². The molecule has 3 atom stereocenters. The Labute approximate surface area is 121 Å². The maximum absolute atomic E-state index is 13.2. The fraction of sp³-hybridized carbons (Fsp3) is 0.467. The van der Waals surface area contributed by atoms with E-state index in [9.17, 15) is 14.0 Å². The van der Waals surface area contributed by atoms with Crippen LogP contribution in [-0.4, -0.2) is 11.8 Å². The second-order valence-electron chi connectivity index (χ2n) is 5.74. The Balaban J connectivity index is 1.96. The van der Waals surface area contributed by atoms with Crippen molar-refractivity contribution in [1.29, 1.82) is 0 Å². The fourth-order valence-corrected chi connectivity index (χ4v) is 3.44. The summed E-state index contributed by atoms with van der Waals surface area (Å²) in [6, 6.07) is 3.95. The van der Waals surface area contributed by atoms with E-state index in [1.165, 1.54) is 23.1 Å². The van der Waals surface area contributed by atoms with E-state index in [4.69, 9.17) is 11.6 Å². The molecule has 0 bridgehead atoms. The van der Waals surface area contributed by atoms with Gasteiger partial charge < -0.3 is 0 Å². The molecule has 0 aromatic heterocycles. The molecular formula is C15H15ClFNO2. The number of carbonyl (C=O) groups is 2. The number of benzene rings is 1. The lowest BCUT2D eigenvalue weighted by atomic mass is 9.76. The van der Waals surface area contributed by atoms with Crippen LogP contribution in [0.4, 0.5) is 10.1 Å². The second kappa shape index (κ2) is 4.85. The highest BCUT2D eigenvalue weighted by Crippen LogP contribution is 2.42. The van der Waals surface area contributed by atoms with Crippen LogP contribution in [0.25, 0.3) is 0 Å². The van der Waals surface area contributed by atoms with Crippen molar-refractivity contribution in [2.75, 3.05) is 4.90 Å². The summed E-state index contributed by atoms with van der Waals surface area (Å²) in [5, 5.41) is -0.0775. The normalized spacial score (nSPS) is 29.8. The molecule has 3 nitrogen and oxygen atoms in total. The Morgan fingerprint density at radius 1 is 1.20 bits per heavy atom. The third-order valence-corrected chi connectivity index (χ3v) is 4.64. The summed E-state index contributed by atoms with van der Waals surface area (Å²) in [4.78, 5) is 26.1. The van der Waals surface area contributed by atoms with Crippen LogP contribution in [0.1, 0.15) is 26.2 Å². The quantitative estimate of drug-likeness (QED) is 0.745. The number of halogens is 2. The first-order valence-corrected chi connectivity index (χ1v) is 7.19. The van der Waals surface area contributed by atoms with Crippen molar-refractivity contribution in [2.24, 2.45) is 17.8 Å². The zero-order chi connectivity index (χ0) is 14.4. The highest BCUT2D eigenvalue weighted by atomic mass is 35.5. The molecule has 3 rings (SSSR count). The molecule has 1 aromatic carbocycles. The van der Waals surface area contributed by atoms with E-state index >= 15 is 0 Å². The number of hydrogen-bond donors (Lipinski definition) is 0. The van der Waals surface area contributed by atoms with Gasteiger partial charge >= 0.3 is 0 Å². The van der Waals surface area contributed by atoms with Crippen LogP contribution in [0.3, 0.4) is 0 Å². The monoisotopic (exact) mass is 295 g/mol. The van der Waals surface area contributed by atoms with Crippen molar-refractivity contribution in [3.8, 4) is 0 Å². The molecule has 0 radical (unpaired) electrons. The van der Waals surface area contributed by atoms with Crippen LogP contribution in [0.5, 0.6) is 0 Å². The molecule has 1 saturated heterocycles. The molecule has 1 heterocycles. The van der Waals surface area contributed by atoms with Gasteiger partial charge in [-0.25, -0.2) is 4.39 Å². The molecule has 1 aromatic rings. The van der Waals surface area contributed by atoms with Gasteiger partial charge in [0.1, 0.15) is 5.82 Å². The number of fused-ring (bicyclic) bond motifs is 1. The van der Waals surface area contributed by atoms with Crippen molar-refractivity contribution < 1.29 is 14.0 Å². The second-order valence-corrected chi connectivity index (χ2v) is 6.15. The maximum atomic E-state index is 13.2. The first-order chi connectivity index (χ1) is 9.49. The van der Waals surface area contributed by atoms with Gasteiger partial charge in [-0.1, -0.05) is 18.5 Å². The first kappa shape index (κ1) is 13.6. The zero-order valence-electron chi connectivity index (χ0n) is 11.1. The van der Waals surface area contributed by atoms with Gasteiger partial charge in [-0.2, -0.15) is 0 Å². The Hall–Kier alpha value is -1.42. The first-order valence-electron chi connectivity index (χ1n) is 6.82. The van der Waals surface area contributed by atoms with E-state index in [0.717, 1.165) is 19.3 Å². The summed E-state index contributed by atoms with van der Waals surface area (Å²) in [5.74, 6) is -0.883. The molecular weight excluding hydrogens is 281 g/mol. The van der Waals surface area contributed by atoms with Crippen molar-refractivity contribution in [3.05, 3.63) is 29.0 Å². The topological polar surface area (TPSA) is 37.4 Å². The molecule has 2 amide bonds. The SMILES string of the molecule is C[C@@H]1CC[C@@H]2C(=O)N(c3ccc(F)c(Cl)c3)C(=O)[C@@H]2C1. The molecule has 1 aliphatic heterocycles. The van der Waals surface area contributed by atoms with Crippen LogP contribution < -0.4 is 4.90 Å². The number of anilines is 1. The molecule has 0 spiro atoms. The predicted molar refractivity (Wildman–Crippen MR) is 73.9 cm³/mol. The third-order valence-electron chi connectivity index (χ3n) is 4.35. The minimum Gasteiger partial charge on any atom is -0.274 e. The van der Waals surface area contributed by atoms with E-state index in [2.05, 4.69) is 6.92 Å². The number of carbonyl (C=O) groups excluding carboxylic acids is 2. The smallest absolute Gasteiger partial charge is 0.237 e. The van der Waals surface area contributed by atoms with Crippen molar-refractivity contribution in [1.82, 2.24) is 0 Å². The van der Waals surface area contributed by atoms with Gasteiger partial charge in [0.15, 0.2) is 0 Å². The number of imide groups is 1. The van der Waals surface area contributed by atoms with Gasteiger partial charge in [0.25, 0.3) is 0 Å². The van der Waals surface area contributed by atoms with Crippen molar-refractivity contribution in [3.63, 3.8) is 0 Å². The van der Waals surface area contributed by atoms with Gasteiger partial charge in [0.2, 0.25) is 11.8 Å². The summed E-state index contributed by atoms with van der Waals surface area (Å²) in [5.41, 5.74) is 0.369. The van der Waals surface area contributed by atoms with Crippen molar-refractivity contribution >= 4 is 29.1 Å². The summed E-state index contributed by atoms with van der Waals surface area (Å²) < 4.78 is 13.2. The van der Waals surface area contributed by atoms with E-state index < -0.39 is 5.82 Å². The van der Waals surface area contributed by atoms with Crippen molar-refractivity contribution in [2.45, 2.75) is 26.2 Å². The Morgan fingerprint density at radius 2 is 1.90 bits per heavy atom. The highest BCUT2D eigenvalue weighted by Gasteiger charge is 2.49. The zero-order valence-corrected chi connectivity index (χ0v) is 11.9. The molecule has 0 N–H and O–H groups in total. The number of hydrogen-bond acceptors (Lipinski definition) is 2. The molecule has 1 aliphatic carbocycles. The van der Waals surface area contributed by atoms with Crippen LogP contribution >= 0.6 is 11.6 Å². The third kappa shape index (κ3) is 2.03. The van der Waals surface area contributed by atoms with Crippen LogP contribution in [0.15, 0.2) is 18.2 Å². The van der Waals surface area contributed by atoms with E-state index in [1.54, 1.807) is 0 Å². The van der Waals surface area contributed by atoms with E-state index in [0.29, 0.717) is 11.6 Å². The van der Waals surface area contributed by atoms with Crippen LogP contribution in [-0.2, 0) is 9.59 Å². The molecule has 2 fully saturated rings. The highest BCUT2D eigenvalue weighted by molar-refractivity contribution is 6.31. The Kier molecular flexibility index (Phi) is 3.28. The Morgan fingerprint density at radius 3 is 2.60 bits per heavy atom. The molecule has 5 heteroatoms. The summed E-state index contributed by atoms with van der Waals surface area (Å²) >= 11 is 5.74. The summed E-state index contributed by atoms with van der Waals surface area (Å²) in [6.07, 6.45) is 2.47. The van der Waals surface area contributed by atoms with E-state index in [-0.39, 0.29) is 28.7 Å². The minimum absolute atomic E-state index is 0.0775. The largest absolute Gasteiger partial charge is 0.274 e. The fourth-order valence-electron chi connectivity index (χ4n) is 3.27. The maximum Gasteiger partial charge on any atom is 0.237 e. The predicted octanol–water partition coefficient (Wildman–Crippen LogP) is 3.40. The lowest BCUT2D eigenvalue weighted by Gasteiger charge is -2.25. The molecule has 1 saturated carbocycles. The standard InChI is InChI=1S/C15H15ClFNO2/c1-8-2-4-10-11(6-8)15(20)18(14(10)19)9-3-5-13(17)12(16)7-9/h3,5,7-8,10-11H,2,4,6H2,1H3/t8-,10+,11-/m1/s1. The minimum atomic E-state index is -0.555. The van der Waals surface area contributed by atoms with Crippen LogP contribution in [0.2, 0.25) is 5.02 Å². The number of nitrogens with zero attached hydrogens (tertiary/aromatic N) is 1. The summed E-state index contributed by atoms with van der Waals surface area (Å²) in [6.45, 7) is 2.10. The van der Waals surface area contributed by atoms with Gasteiger partial charge in [-0.15, -0.1) is 0 Å². The average molecular weight is 296 g/mol. The van der Waals surface area contributed by atoms with Gasteiger partial charge in [-0.05, 0) is 43.4 Å². The van der Waals surface area contributed by atoms with Gasteiger partial charge in [-0.3, -0.25) is 14.5 Å². The van der Waals surface area contributed by atoms with Crippen LogP contribution in [0, 0.1) is 23.6 Å². The van der Waals surface area contributed by atoms with Gasteiger partial charge in [0.05, 0.1) is 22.5 Å². The summed E-state index contributed by atoms with van der Waals surface area (Å²) in [7, 11) is 0. The molecule has 106 valence electrons. The lowest BCUT2D eigenvalue weighted by Crippen LogP contribution is -2.30. The molecule has 20 heavy (non-hydrogen) atoms. The number of rotatable bonds is 1. The molecule has 2 aliphatic rings. The van der Waals surface area contributed by atoms with Gasteiger partial charge in [0, 0.05) is 0 Å². The average Bonchev–Trinajstić information content (AvgIpc) is 2.65.